The number of anilines is 3. The van der Waals surface area contributed by atoms with Gasteiger partial charge >= 0.3 is 0 Å². The van der Waals surface area contributed by atoms with Crippen LogP contribution in [-0.4, -0.2) is 0 Å². The first-order chi connectivity index (χ1) is 27.3. The summed E-state index contributed by atoms with van der Waals surface area (Å²) < 4.78 is 13.3. The SMILES string of the molecule is c1ccc(-c2ccccc2-c2ccc(N(c3ccc(-c4cccc5c4oc4ccccc45)cc3)c3cccc4c3oc3c5ccccc5ccc43)cc2)cc1. The van der Waals surface area contributed by atoms with Crippen LogP contribution < -0.4 is 4.90 Å². The Morgan fingerprint density at radius 3 is 1.56 bits per heavy atom. The fourth-order valence-electron chi connectivity index (χ4n) is 8.27. The van der Waals surface area contributed by atoms with E-state index in [9.17, 15) is 0 Å². The topological polar surface area (TPSA) is 29.5 Å². The molecule has 0 saturated heterocycles. The van der Waals surface area contributed by atoms with Crippen LogP contribution in [0.1, 0.15) is 0 Å². The lowest BCUT2D eigenvalue weighted by molar-refractivity contribution is 0.670. The molecule has 3 heteroatoms. The zero-order chi connectivity index (χ0) is 36.3. The van der Waals surface area contributed by atoms with Crippen LogP contribution in [0.4, 0.5) is 17.1 Å². The lowest BCUT2D eigenvalue weighted by Gasteiger charge is -2.26. The standard InChI is InChI=1S/C52H33NO2/c1-2-12-34(13-3-1)40-15-6-7-16-41(40)36-24-29-38(30-25-36)53(48-22-11-21-46-47-33-28-35-14-4-5-17-42(35)51(47)55-52(46)48)39-31-26-37(27-32-39)43-19-10-20-45-44-18-8-9-23-49(44)54-50(43)45/h1-33H. The third kappa shape index (κ3) is 5.13. The van der Waals surface area contributed by atoms with Gasteiger partial charge in [0.1, 0.15) is 16.7 Å². The quantitative estimate of drug-likeness (QED) is 0.173. The zero-order valence-corrected chi connectivity index (χ0v) is 29.8. The molecule has 0 atom stereocenters. The van der Waals surface area contributed by atoms with Crippen LogP contribution in [0.2, 0.25) is 0 Å². The third-order valence-corrected chi connectivity index (χ3v) is 10.9. The molecule has 0 fully saturated rings. The van der Waals surface area contributed by atoms with Crippen LogP contribution in [0.25, 0.3) is 88.0 Å². The molecule has 0 amide bonds. The minimum atomic E-state index is 0.850. The first kappa shape index (κ1) is 31.2. The Labute approximate surface area is 317 Å². The van der Waals surface area contributed by atoms with Gasteiger partial charge in [-0.2, -0.15) is 0 Å². The number of hydrogen-bond donors (Lipinski definition) is 0. The van der Waals surface area contributed by atoms with Gasteiger partial charge in [-0.1, -0.05) is 158 Å². The second-order valence-electron chi connectivity index (χ2n) is 14.0. The van der Waals surface area contributed by atoms with E-state index in [0.29, 0.717) is 0 Å². The van der Waals surface area contributed by atoms with E-state index in [-0.39, 0.29) is 0 Å². The molecule has 9 aromatic carbocycles. The van der Waals surface area contributed by atoms with Gasteiger partial charge in [0, 0.05) is 43.9 Å². The molecule has 0 saturated carbocycles. The van der Waals surface area contributed by atoms with E-state index in [4.69, 9.17) is 8.83 Å². The smallest absolute Gasteiger partial charge is 0.159 e. The van der Waals surface area contributed by atoms with Gasteiger partial charge in [0.05, 0.1) is 5.69 Å². The molecule has 11 aromatic rings. The van der Waals surface area contributed by atoms with Crippen molar-refractivity contribution < 1.29 is 8.83 Å². The van der Waals surface area contributed by atoms with Crippen molar-refractivity contribution in [2.75, 3.05) is 4.90 Å². The number of benzene rings is 9. The highest BCUT2D eigenvalue weighted by atomic mass is 16.3. The average molecular weight is 704 g/mol. The van der Waals surface area contributed by atoms with Crippen LogP contribution >= 0.6 is 0 Å². The molecule has 0 spiro atoms. The number of hydrogen-bond acceptors (Lipinski definition) is 3. The lowest BCUT2D eigenvalue weighted by Crippen LogP contribution is -2.10. The second kappa shape index (κ2) is 12.6. The molecular weight excluding hydrogens is 671 g/mol. The highest BCUT2D eigenvalue weighted by Crippen LogP contribution is 2.45. The van der Waals surface area contributed by atoms with E-state index >= 15 is 0 Å². The number of furan rings is 2. The van der Waals surface area contributed by atoms with Gasteiger partial charge < -0.3 is 13.7 Å². The molecule has 0 aliphatic rings. The average Bonchev–Trinajstić information content (AvgIpc) is 3.84. The van der Waals surface area contributed by atoms with Crippen molar-refractivity contribution in [2.45, 2.75) is 0 Å². The minimum Gasteiger partial charge on any atom is -0.455 e. The van der Waals surface area contributed by atoms with Crippen LogP contribution in [-0.2, 0) is 0 Å². The summed E-state index contributed by atoms with van der Waals surface area (Å²) in [6.45, 7) is 0. The predicted molar refractivity (Wildman–Crippen MR) is 229 cm³/mol. The van der Waals surface area contributed by atoms with E-state index in [1.165, 1.54) is 16.7 Å². The van der Waals surface area contributed by atoms with E-state index in [1.807, 2.05) is 12.1 Å². The molecule has 0 aliphatic heterocycles. The largest absolute Gasteiger partial charge is 0.455 e. The van der Waals surface area contributed by atoms with Gasteiger partial charge in [-0.3, -0.25) is 0 Å². The molecule has 0 N–H and O–H groups in total. The molecular formula is C52H33NO2. The number of para-hydroxylation sites is 3. The van der Waals surface area contributed by atoms with E-state index in [0.717, 1.165) is 88.4 Å². The van der Waals surface area contributed by atoms with Crippen LogP contribution in [0.5, 0.6) is 0 Å². The summed E-state index contributed by atoms with van der Waals surface area (Å²) in [4.78, 5) is 2.31. The van der Waals surface area contributed by atoms with Crippen molar-refractivity contribution in [2.24, 2.45) is 0 Å². The Morgan fingerprint density at radius 2 is 0.818 bits per heavy atom. The maximum Gasteiger partial charge on any atom is 0.159 e. The maximum atomic E-state index is 6.89. The maximum absolute atomic E-state index is 6.89. The Kier molecular flexibility index (Phi) is 7.17. The van der Waals surface area contributed by atoms with Crippen molar-refractivity contribution in [3.8, 4) is 33.4 Å². The van der Waals surface area contributed by atoms with Crippen molar-refractivity contribution >= 4 is 71.7 Å². The first-order valence-electron chi connectivity index (χ1n) is 18.7. The first-order valence-corrected chi connectivity index (χ1v) is 18.7. The minimum absolute atomic E-state index is 0.850. The van der Waals surface area contributed by atoms with Crippen LogP contribution in [0, 0.1) is 0 Å². The van der Waals surface area contributed by atoms with Crippen molar-refractivity contribution in [1.29, 1.82) is 0 Å². The fraction of sp³-hybridized carbons (Fsp3) is 0. The van der Waals surface area contributed by atoms with Gasteiger partial charge in [-0.15, -0.1) is 0 Å². The molecule has 0 unspecified atom stereocenters. The molecule has 3 nitrogen and oxygen atoms in total. The summed E-state index contributed by atoms with van der Waals surface area (Å²) in [6.07, 6.45) is 0. The van der Waals surface area contributed by atoms with Gasteiger partial charge in [-0.25, -0.2) is 0 Å². The number of nitrogens with zero attached hydrogens (tertiary/aromatic N) is 1. The second-order valence-corrected chi connectivity index (χ2v) is 14.0. The summed E-state index contributed by atoms with van der Waals surface area (Å²) in [5, 5.41) is 6.72. The molecule has 0 radical (unpaired) electrons. The Balaban J connectivity index is 1.07. The molecule has 11 rings (SSSR count). The summed E-state index contributed by atoms with van der Waals surface area (Å²) in [5.41, 5.74) is 13.5. The fourth-order valence-corrected chi connectivity index (χ4v) is 8.27. The summed E-state index contributed by atoms with van der Waals surface area (Å²) in [5.74, 6) is 0. The van der Waals surface area contributed by atoms with Crippen LogP contribution in [0.15, 0.2) is 209 Å². The molecule has 2 heterocycles. The normalized spacial score (nSPS) is 11.6. The molecule has 258 valence electrons. The molecule has 55 heavy (non-hydrogen) atoms. The molecule has 2 aromatic heterocycles. The monoisotopic (exact) mass is 703 g/mol. The number of fused-ring (bicyclic) bond motifs is 8. The summed E-state index contributed by atoms with van der Waals surface area (Å²) >= 11 is 0. The van der Waals surface area contributed by atoms with E-state index in [1.54, 1.807) is 0 Å². The summed E-state index contributed by atoms with van der Waals surface area (Å²) in [7, 11) is 0. The van der Waals surface area contributed by atoms with E-state index in [2.05, 4.69) is 193 Å². The molecule has 0 aliphatic carbocycles. The Hall–Kier alpha value is -7.36. The van der Waals surface area contributed by atoms with Crippen molar-refractivity contribution in [3.63, 3.8) is 0 Å². The Bertz CT molecular complexity index is 3190. The molecule has 0 bridgehead atoms. The van der Waals surface area contributed by atoms with E-state index < -0.39 is 0 Å². The van der Waals surface area contributed by atoms with Crippen molar-refractivity contribution in [3.05, 3.63) is 200 Å². The highest BCUT2D eigenvalue weighted by molar-refractivity contribution is 6.17. The predicted octanol–water partition coefficient (Wildman–Crippen LogP) is 15.1. The number of rotatable bonds is 6. The van der Waals surface area contributed by atoms with Gasteiger partial charge in [0.2, 0.25) is 0 Å². The lowest BCUT2D eigenvalue weighted by atomic mass is 9.94. The van der Waals surface area contributed by atoms with Gasteiger partial charge in [0.25, 0.3) is 0 Å². The third-order valence-electron chi connectivity index (χ3n) is 10.9. The zero-order valence-electron chi connectivity index (χ0n) is 29.8. The Morgan fingerprint density at radius 1 is 0.291 bits per heavy atom. The van der Waals surface area contributed by atoms with Gasteiger partial charge in [-0.05, 0) is 75.7 Å². The summed E-state index contributed by atoms with van der Waals surface area (Å²) in [6, 6.07) is 70.8. The van der Waals surface area contributed by atoms with Crippen LogP contribution in [0.3, 0.4) is 0 Å². The highest BCUT2D eigenvalue weighted by Gasteiger charge is 2.21. The van der Waals surface area contributed by atoms with Gasteiger partial charge in [0.15, 0.2) is 5.58 Å². The van der Waals surface area contributed by atoms with Crippen molar-refractivity contribution in [1.82, 2.24) is 0 Å².